The normalized spacial score (nSPS) is 15.5. The minimum absolute atomic E-state index is 0.0992. The first-order chi connectivity index (χ1) is 12.3. The minimum atomic E-state index is 0.0992. The number of nitrogens with zero attached hydrogens (tertiary/aromatic N) is 2. The zero-order valence-corrected chi connectivity index (χ0v) is 14.6. The van der Waals surface area contributed by atoms with E-state index in [9.17, 15) is 4.79 Å². The molecule has 2 aromatic carbocycles. The summed E-state index contributed by atoms with van der Waals surface area (Å²) in [6.07, 6.45) is 4.34. The summed E-state index contributed by atoms with van der Waals surface area (Å²) in [7, 11) is 1.63. The highest BCUT2D eigenvalue weighted by molar-refractivity contribution is 5.94. The molecule has 1 amide bonds. The predicted octanol–water partition coefficient (Wildman–Crippen LogP) is 3.17. The zero-order chi connectivity index (χ0) is 17.5. The fraction of sp³-hybridized carbons (Fsp3) is 0.286. The maximum atomic E-state index is 12.6. The summed E-state index contributed by atoms with van der Waals surface area (Å²) in [6, 6.07) is 17.6. The minimum Gasteiger partial charge on any atom is -0.497 e. The van der Waals surface area contributed by atoms with Crippen molar-refractivity contribution in [3.63, 3.8) is 0 Å². The van der Waals surface area contributed by atoms with Gasteiger partial charge in [0.15, 0.2) is 0 Å². The molecule has 130 valence electrons. The number of carbonyl (C=O) groups excluding carboxylic acids is 1. The highest BCUT2D eigenvalue weighted by atomic mass is 16.5. The summed E-state index contributed by atoms with van der Waals surface area (Å²) < 4.78 is 5.14. The number of hydrogen-bond donors (Lipinski definition) is 0. The van der Waals surface area contributed by atoms with E-state index < -0.39 is 0 Å². The van der Waals surface area contributed by atoms with E-state index in [0.717, 1.165) is 44.0 Å². The monoisotopic (exact) mass is 336 g/mol. The Bertz CT molecular complexity index is 702. The standard InChI is InChI=1S/C21H24N2O2/c1-25-20-11-9-19(10-12-20)21(24)23-16-14-22(15-17-23)13-5-8-18-6-3-2-4-7-18/h2-12H,13-17H2,1H3/b8-5+. The van der Waals surface area contributed by atoms with E-state index in [0.29, 0.717) is 0 Å². The van der Waals surface area contributed by atoms with Gasteiger partial charge in [0.1, 0.15) is 5.75 Å². The average molecular weight is 336 g/mol. The van der Waals surface area contributed by atoms with Crippen LogP contribution in [0.25, 0.3) is 6.08 Å². The van der Waals surface area contributed by atoms with E-state index in [4.69, 9.17) is 4.74 Å². The molecule has 1 heterocycles. The molecule has 1 aliphatic rings. The van der Waals surface area contributed by atoms with Gasteiger partial charge in [0.05, 0.1) is 7.11 Å². The number of carbonyl (C=O) groups is 1. The van der Waals surface area contributed by atoms with Crippen LogP contribution in [-0.4, -0.2) is 55.5 Å². The number of amides is 1. The molecule has 1 saturated heterocycles. The van der Waals surface area contributed by atoms with Crippen LogP contribution in [0.4, 0.5) is 0 Å². The Balaban J connectivity index is 1.47. The molecular weight excluding hydrogens is 312 g/mol. The van der Waals surface area contributed by atoms with Crippen LogP contribution in [0.15, 0.2) is 60.7 Å². The third-order valence-corrected chi connectivity index (χ3v) is 4.47. The average Bonchev–Trinajstić information content (AvgIpc) is 2.69. The van der Waals surface area contributed by atoms with Crippen molar-refractivity contribution in [2.24, 2.45) is 0 Å². The number of piperazine rings is 1. The molecule has 0 aliphatic carbocycles. The van der Waals surface area contributed by atoms with Gasteiger partial charge < -0.3 is 9.64 Å². The molecule has 4 heteroatoms. The second-order valence-corrected chi connectivity index (χ2v) is 6.13. The summed E-state index contributed by atoms with van der Waals surface area (Å²) in [4.78, 5) is 16.9. The predicted molar refractivity (Wildman–Crippen MR) is 101 cm³/mol. The lowest BCUT2D eigenvalue weighted by molar-refractivity contribution is 0.0650. The highest BCUT2D eigenvalue weighted by Gasteiger charge is 2.21. The van der Waals surface area contributed by atoms with Gasteiger partial charge in [-0.15, -0.1) is 0 Å². The molecule has 2 aromatic rings. The van der Waals surface area contributed by atoms with Crippen LogP contribution in [0, 0.1) is 0 Å². The molecule has 0 bridgehead atoms. The van der Waals surface area contributed by atoms with Gasteiger partial charge in [0.25, 0.3) is 5.91 Å². The Hall–Kier alpha value is -2.59. The maximum Gasteiger partial charge on any atom is 0.253 e. The summed E-state index contributed by atoms with van der Waals surface area (Å²) in [5.74, 6) is 0.869. The van der Waals surface area contributed by atoms with Crippen molar-refractivity contribution >= 4 is 12.0 Å². The van der Waals surface area contributed by atoms with Crippen LogP contribution in [0.2, 0.25) is 0 Å². The van der Waals surface area contributed by atoms with Crippen LogP contribution in [-0.2, 0) is 0 Å². The molecule has 0 N–H and O–H groups in total. The number of ether oxygens (including phenoxy) is 1. The van der Waals surface area contributed by atoms with E-state index in [1.165, 1.54) is 5.56 Å². The highest BCUT2D eigenvalue weighted by Crippen LogP contribution is 2.14. The van der Waals surface area contributed by atoms with Crippen molar-refractivity contribution in [3.8, 4) is 5.75 Å². The molecule has 1 fully saturated rings. The molecule has 0 unspecified atom stereocenters. The van der Waals surface area contributed by atoms with Gasteiger partial charge in [-0.2, -0.15) is 0 Å². The molecule has 3 rings (SSSR count). The van der Waals surface area contributed by atoms with Crippen molar-refractivity contribution < 1.29 is 9.53 Å². The van der Waals surface area contributed by atoms with Gasteiger partial charge in [-0.25, -0.2) is 0 Å². The van der Waals surface area contributed by atoms with Gasteiger partial charge >= 0.3 is 0 Å². The number of methoxy groups -OCH3 is 1. The van der Waals surface area contributed by atoms with E-state index in [1.807, 2.05) is 47.4 Å². The second-order valence-electron chi connectivity index (χ2n) is 6.13. The van der Waals surface area contributed by atoms with Crippen molar-refractivity contribution in [2.75, 3.05) is 39.8 Å². The Kier molecular flexibility index (Phi) is 5.86. The van der Waals surface area contributed by atoms with E-state index in [-0.39, 0.29) is 5.91 Å². The first kappa shape index (κ1) is 17.2. The number of rotatable bonds is 5. The molecule has 0 atom stereocenters. The Labute approximate surface area is 149 Å². The first-order valence-corrected chi connectivity index (χ1v) is 8.63. The molecule has 0 spiro atoms. The van der Waals surface area contributed by atoms with E-state index in [2.05, 4.69) is 29.2 Å². The van der Waals surface area contributed by atoms with Crippen molar-refractivity contribution in [1.82, 2.24) is 9.80 Å². The summed E-state index contributed by atoms with van der Waals surface area (Å²) >= 11 is 0. The van der Waals surface area contributed by atoms with E-state index in [1.54, 1.807) is 7.11 Å². The molecule has 1 aliphatic heterocycles. The summed E-state index contributed by atoms with van der Waals surface area (Å²) in [5, 5.41) is 0. The summed E-state index contributed by atoms with van der Waals surface area (Å²) in [5.41, 5.74) is 1.94. The van der Waals surface area contributed by atoms with Gasteiger partial charge in [-0.3, -0.25) is 9.69 Å². The van der Waals surface area contributed by atoms with Crippen LogP contribution in [0.3, 0.4) is 0 Å². The summed E-state index contributed by atoms with van der Waals surface area (Å²) in [6.45, 7) is 4.26. The molecule has 4 nitrogen and oxygen atoms in total. The van der Waals surface area contributed by atoms with Gasteiger partial charge in [0, 0.05) is 38.3 Å². The molecule has 0 saturated carbocycles. The van der Waals surface area contributed by atoms with Crippen molar-refractivity contribution in [3.05, 3.63) is 71.8 Å². The van der Waals surface area contributed by atoms with Crippen molar-refractivity contribution in [2.45, 2.75) is 0 Å². The maximum absolute atomic E-state index is 12.6. The molecular formula is C21H24N2O2. The molecule has 0 aromatic heterocycles. The smallest absolute Gasteiger partial charge is 0.253 e. The molecule has 25 heavy (non-hydrogen) atoms. The molecule has 0 radical (unpaired) electrons. The largest absolute Gasteiger partial charge is 0.497 e. The SMILES string of the molecule is COc1ccc(C(=O)N2CCN(C/C=C/c3ccccc3)CC2)cc1. The third kappa shape index (κ3) is 4.70. The Morgan fingerprint density at radius 1 is 1.00 bits per heavy atom. The fourth-order valence-corrected chi connectivity index (χ4v) is 2.95. The number of benzene rings is 2. The van der Waals surface area contributed by atoms with E-state index >= 15 is 0 Å². The zero-order valence-electron chi connectivity index (χ0n) is 14.6. The Morgan fingerprint density at radius 2 is 1.68 bits per heavy atom. The second kappa shape index (κ2) is 8.49. The lowest BCUT2D eigenvalue weighted by Gasteiger charge is -2.34. The topological polar surface area (TPSA) is 32.8 Å². The van der Waals surface area contributed by atoms with Crippen molar-refractivity contribution in [1.29, 1.82) is 0 Å². The van der Waals surface area contributed by atoms with Gasteiger partial charge in [-0.1, -0.05) is 42.5 Å². The van der Waals surface area contributed by atoms with Crippen LogP contribution >= 0.6 is 0 Å². The van der Waals surface area contributed by atoms with Crippen LogP contribution < -0.4 is 4.74 Å². The lowest BCUT2D eigenvalue weighted by Crippen LogP contribution is -2.48. The van der Waals surface area contributed by atoms with Gasteiger partial charge in [-0.05, 0) is 29.8 Å². The number of hydrogen-bond acceptors (Lipinski definition) is 3. The first-order valence-electron chi connectivity index (χ1n) is 8.63. The third-order valence-electron chi connectivity index (χ3n) is 4.47. The Morgan fingerprint density at radius 3 is 2.32 bits per heavy atom. The van der Waals surface area contributed by atoms with Crippen LogP contribution in [0.5, 0.6) is 5.75 Å². The quantitative estimate of drug-likeness (QED) is 0.841. The van der Waals surface area contributed by atoms with Crippen LogP contribution in [0.1, 0.15) is 15.9 Å². The van der Waals surface area contributed by atoms with Gasteiger partial charge in [0.2, 0.25) is 0 Å². The lowest BCUT2D eigenvalue weighted by atomic mass is 10.1. The fourth-order valence-electron chi connectivity index (χ4n) is 2.95.